The van der Waals surface area contributed by atoms with Gasteiger partial charge in [-0.3, -0.25) is 14.5 Å². The topological polar surface area (TPSA) is 61.4 Å². The van der Waals surface area contributed by atoms with Gasteiger partial charge in [0.2, 0.25) is 11.8 Å². The number of nitrogens with one attached hydrogen (secondary N) is 2. The lowest BCUT2D eigenvalue weighted by atomic mass is 9.80. The maximum absolute atomic E-state index is 13.1. The average molecular weight is 410 g/mol. The lowest BCUT2D eigenvalue weighted by Gasteiger charge is -2.27. The van der Waals surface area contributed by atoms with Gasteiger partial charge in [-0.2, -0.15) is 0 Å². The molecule has 2 aromatic rings. The van der Waals surface area contributed by atoms with Crippen molar-refractivity contribution in [2.45, 2.75) is 31.8 Å². The molecule has 5 nitrogen and oxygen atoms in total. The first-order chi connectivity index (χ1) is 14.5. The average Bonchev–Trinajstić information content (AvgIpc) is 3.23. The van der Waals surface area contributed by atoms with Crippen LogP contribution in [0.15, 0.2) is 54.6 Å². The highest BCUT2D eigenvalue weighted by atomic mass is 19.1. The van der Waals surface area contributed by atoms with Crippen molar-refractivity contribution in [3.63, 3.8) is 0 Å². The van der Waals surface area contributed by atoms with Gasteiger partial charge in [-0.05, 0) is 42.0 Å². The first kappa shape index (κ1) is 20.5. The predicted molar refractivity (Wildman–Crippen MR) is 113 cm³/mol. The number of carbonyl (C=O) groups excluding carboxylic acids is 2. The van der Waals surface area contributed by atoms with Gasteiger partial charge in [0, 0.05) is 32.7 Å². The molecule has 0 radical (unpaired) electrons. The van der Waals surface area contributed by atoms with E-state index >= 15 is 0 Å². The van der Waals surface area contributed by atoms with E-state index in [4.69, 9.17) is 0 Å². The maximum atomic E-state index is 13.1. The molecule has 2 aromatic carbocycles. The quantitative estimate of drug-likeness (QED) is 0.771. The molecule has 1 aliphatic carbocycles. The standard InChI is InChI=1S/C24H28FN3O2/c1-26-23(30)24-13-21(27-22(29)11-17-7-9-20(25)10-8-17)12-19(24)15-28(16-24)14-18-5-3-2-4-6-18/h2-10,19,21H,11-16H2,1H3,(H,26,30)(H,27,29)/t19-,21-,24-/m0/s1. The molecule has 2 amide bonds. The summed E-state index contributed by atoms with van der Waals surface area (Å²) in [6.45, 7) is 2.39. The van der Waals surface area contributed by atoms with Gasteiger partial charge in [0.05, 0.1) is 11.8 Å². The number of nitrogens with zero attached hydrogens (tertiary/aromatic N) is 1. The monoisotopic (exact) mass is 409 g/mol. The van der Waals surface area contributed by atoms with Gasteiger partial charge >= 0.3 is 0 Å². The summed E-state index contributed by atoms with van der Waals surface area (Å²) in [4.78, 5) is 27.7. The second kappa shape index (κ2) is 8.56. The summed E-state index contributed by atoms with van der Waals surface area (Å²) >= 11 is 0. The van der Waals surface area contributed by atoms with Crippen molar-refractivity contribution in [2.24, 2.45) is 11.3 Å². The van der Waals surface area contributed by atoms with Crippen molar-refractivity contribution in [2.75, 3.05) is 20.1 Å². The molecule has 6 heteroatoms. The molecule has 0 aromatic heterocycles. The third kappa shape index (κ3) is 4.24. The molecule has 1 saturated heterocycles. The number of fused-ring (bicyclic) bond motifs is 1. The fourth-order valence-electron chi connectivity index (χ4n) is 5.21. The van der Waals surface area contributed by atoms with Crippen molar-refractivity contribution in [1.29, 1.82) is 0 Å². The van der Waals surface area contributed by atoms with Crippen LogP contribution in [-0.2, 0) is 22.6 Å². The smallest absolute Gasteiger partial charge is 0.227 e. The number of benzene rings is 2. The van der Waals surface area contributed by atoms with Crippen LogP contribution in [0.25, 0.3) is 0 Å². The molecule has 1 aliphatic heterocycles. The highest BCUT2D eigenvalue weighted by Gasteiger charge is 2.57. The van der Waals surface area contributed by atoms with Gasteiger partial charge in [-0.25, -0.2) is 4.39 Å². The Kier molecular flexibility index (Phi) is 5.86. The van der Waals surface area contributed by atoms with Crippen molar-refractivity contribution >= 4 is 11.8 Å². The number of rotatable bonds is 6. The molecule has 30 heavy (non-hydrogen) atoms. The lowest BCUT2D eigenvalue weighted by molar-refractivity contribution is -0.131. The Hall–Kier alpha value is -2.73. The van der Waals surface area contributed by atoms with Crippen molar-refractivity contribution in [1.82, 2.24) is 15.5 Å². The number of hydrogen-bond acceptors (Lipinski definition) is 3. The van der Waals surface area contributed by atoms with Crippen molar-refractivity contribution in [3.05, 3.63) is 71.5 Å². The first-order valence-electron chi connectivity index (χ1n) is 10.5. The Morgan fingerprint density at radius 1 is 1.10 bits per heavy atom. The van der Waals surface area contributed by atoms with E-state index in [1.165, 1.54) is 17.7 Å². The van der Waals surface area contributed by atoms with Gasteiger partial charge < -0.3 is 10.6 Å². The van der Waals surface area contributed by atoms with E-state index in [2.05, 4.69) is 27.7 Å². The van der Waals surface area contributed by atoms with E-state index in [-0.39, 0.29) is 36.0 Å². The zero-order valence-corrected chi connectivity index (χ0v) is 17.2. The van der Waals surface area contributed by atoms with Crippen LogP contribution in [0, 0.1) is 17.2 Å². The van der Waals surface area contributed by atoms with Crippen LogP contribution in [-0.4, -0.2) is 42.9 Å². The summed E-state index contributed by atoms with van der Waals surface area (Å²) in [5.41, 5.74) is 1.56. The summed E-state index contributed by atoms with van der Waals surface area (Å²) in [6, 6.07) is 16.3. The lowest BCUT2D eigenvalue weighted by Crippen LogP contribution is -2.44. The van der Waals surface area contributed by atoms with E-state index < -0.39 is 5.41 Å². The van der Waals surface area contributed by atoms with Gasteiger partial charge in [0.25, 0.3) is 0 Å². The minimum Gasteiger partial charge on any atom is -0.359 e. The maximum Gasteiger partial charge on any atom is 0.227 e. The fourth-order valence-corrected chi connectivity index (χ4v) is 5.21. The molecule has 0 bridgehead atoms. The predicted octanol–water partition coefficient (Wildman–Crippen LogP) is 2.51. The normalized spacial score (nSPS) is 25.7. The largest absolute Gasteiger partial charge is 0.359 e. The van der Waals surface area contributed by atoms with Crippen LogP contribution in [0.5, 0.6) is 0 Å². The molecular formula is C24H28FN3O2. The molecule has 2 N–H and O–H groups in total. The molecule has 158 valence electrons. The number of amides is 2. The number of likely N-dealkylation sites (tertiary alicyclic amines) is 1. The molecule has 0 spiro atoms. The Morgan fingerprint density at radius 3 is 2.53 bits per heavy atom. The van der Waals surface area contributed by atoms with Gasteiger partial charge in [-0.15, -0.1) is 0 Å². The van der Waals surface area contributed by atoms with E-state index in [0.717, 1.165) is 25.1 Å². The molecule has 1 saturated carbocycles. The number of carbonyl (C=O) groups is 2. The summed E-state index contributed by atoms with van der Waals surface area (Å²) in [7, 11) is 1.69. The van der Waals surface area contributed by atoms with Crippen LogP contribution in [0.3, 0.4) is 0 Å². The van der Waals surface area contributed by atoms with Crippen molar-refractivity contribution in [3.8, 4) is 0 Å². The van der Waals surface area contributed by atoms with E-state index in [1.807, 2.05) is 18.2 Å². The molecular weight excluding hydrogens is 381 g/mol. The Labute approximate surface area is 176 Å². The minimum atomic E-state index is -0.461. The fraction of sp³-hybridized carbons (Fsp3) is 0.417. The van der Waals surface area contributed by atoms with Crippen LogP contribution < -0.4 is 10.6 Å². The second-order valence-electron chi connectivity index (χ2n) is 8.59. The minimum absolute atomic E-state index is 0.0147. The molecule has 0 unspecified atom stereocenters. The zero-order chi connectivity index (χ0) is 21.1. The molecule has 2 fully saturated rings. The first-order valence-corrected chi connectivity index (χ1v) is 10.5. The number of halogens is 1. The van der Waals surface area contributed by atoms with E-state index in [0.29, 0.717) is 13.0 Å². The van der Waals surface area contributed by atoms with Crippen LogP contribution >= 0.6 is 0 Å². The second-order valence-corrected chi connectivity index (χ2v) is 8.59. The Morgan fingerprint density at radius 2 is 1.83 bits per heavy atom. The molecule has 4 rings (SSSR count). The summed E-state index contributed by atoms with van der Waals surface area (Å²) in [5.74, 6) is -0.106. The third-order valence-corrected chi connectivity index (χ3v) is 6.52. The highest BCUT2D eigenvalue weighted by Crippen LogP contribution is 2.49. The molecule has 2 aliphatic rings. The number of hydrogen-bond donors (Lipinski definition) is 2. The molecule has 1 heterocycles. The van der Waals surface area contributed by atoms with E-state index in [9.17, 15) is 14.0 Å². The summed E-state index contributed by atoms with van der Waals surface area (Å²) in [6.07, 6.45) is 1.67. The van der Waals surface area contributed by atoms with Crippen molar-refractivity contribution < 1.29 is 14.0 Å². The highest BCUT2D eigenvalue weighted by molar-refractivity contribution is 5.84. The zero-order valence-electron chi connectivity index (χ0n) is 17.2. The van der Waals surface area contributed by atoms with Crippen LogP contribution in [0.4, 0.5) is 4.39 Å². The third-order valence-electron chi connectivity index (χ3n) is 6.52. The van der Waals surface area contributed by atoms with Gasteiger partial charge in [0.15, 0.2) is 0 Å². The summed E-state index contributed by atoms with van der Waals surface area (Å²) < 4.78 is 13.1. The van der Waals surface area contributed by atoms with Gasteiger partial charge in [-0.1, -0.05) is 42.5 Å². The van der Waals surface area contributed by atoms with Crippen LogP contribution in [0.2, 0.25) is 0 Å². The Bertz CT molecular complexity index is 902. The van der Waals surface area contributed by atoms with E-state index in [1.54, 1.807) is 19.2 Å². The van der Waals surface area contributed by atoms with Crippen LogP contribution in [0.1, 0.15) is 24.0 Å². The SMILES string of the molecule is CNC(=O)[C@]12C[C@@H](NC(=O)Cc3ccc(F)cc3)C[C@H]1CN(Cc1ccccc1)C2. The molecule has 3 atom stereocenters. The Balaban J connectivity index is 1.39. The van der Waals surface area contributed by atoms with Gasteiger partial charge in [0.1, 0.15) is 5.82 Å². The summed E-state index contributed by atoms with van der Waals surface area (Å²) in [5, 5.41) is 5.97.